The summed E-state index contributed by atoms with van der Waals surface area (Å²) in [4.78, 5) is 72.9. The molecule has 0 aliphatic rings. The van der Waals surface area contributed by atoms with Gasteiger partial charge < -0.3 is 33.8 Å². The van der Waals surface area contributed by atoms with E-state index in [1.807, 2.05) is 0 Å². The number of rotatable bonds is 77. The Morgan fingerprint density at radius 1 is 0.299 bits per heavy atom. The monoisotopic (exact) mass is 1420 g/mol. The number of carbonyl (C=O) groups is 4. The molecule has 0 bridgehead atoms. The molecule has 0 fully saturated rings. The van der Waals surface area contributed by atoms with E-state index < -0.39 is 97.5 Å². The van der Waals surface area contributed by atoms with E-state index in [1.165, 1.54) is 225 Å². The molecule has 0 rings (SSSR count). The molecule has 0 aromatic rings. The first-order valence-corrected chi connectivity index (χ1v) is 43.5. The lowest BCUT2D eigenvalue weighted by Crippen LogP contribution is -2.30. The van der Waals surface area contributed by atoms with Crippen molar-refractivity contribution < 1.29 is 80.2 Å². The molecular weight excluding hydrogens is 1270 g/mol. The molecule has 17 nitrogen and oxygen atoms in total. The second-order valence-corrected chi connectivity index (χ2v) is 31.7. The van der Waals surface area contributed by atoms with Crippen molar-refractivity contribution in [1.82, 2.24) is 0 Å². The highest BCUT2D eigenvalue weighted by Gasteiger charge is 2.30. The maximum Gasteiger partial charge on any atom is 0.472 e. The Kier molecular flexibility index (Phi) is 68.4. The van der Waals surface area contributed by atoms with Crippen LogP contribution in [0.5, 0.6) is 0 Å². The topological polar surface area (TPSA) is 237 Å². The van der Waals surface area contributed by atoms with Gasteiger partial charge in [-0.25, -0.2) is 9.13 Å². The van der Waals surface area contributed by atoms with E-state index in [4.69, 9.17) is 37.0 Å². The summed E-state index contributed by atoms with van der Waals surface area (Å²) in [5.74, 6) is -0.529. The molecule has 0 saturated heterocycles. The molecule has 97 heavy (non-hydrogen) atoms. The van der Waals surface area contributed by atoms with Crippen LogP contribution in [0, 0.1) is 11.8 Å². The highest BCUT2D eigenvalue weighted by Crippen LogP contribution is 2.45. The minimum Gasteiger partial charge on any atom is -0.462 e. The molecule has 576 valence electrons. The molecule has 0 saturated carbocycles. The molecule has 0 aromatic heterocycles. The lowest BCUT2D eigenvalue weighted by Gasteiger charge is -2.21. The maximum atomic E-state index is 13.1. The predicted molar refractivity (Wildman–Crippen MR) is 395 cm³/mol. The van der Waals surface area contributed by atoms with Gasteiger partial charge in [0.25, 0.3) is 0 Å². The molecular formula is C78H152O17P2. The molecule has 19 heteroatoms. The normalized spacial score (nSPS) is 14.2. The first-order valence-electron chi connectivity index (χ1n) is 40.5. The fraction of sp³-hybridized carbons (Fsp3) is 0.949. The number of ether oxygens (including phenoxy) is 4. The Labute approximate surface area is 594 Å². The molecule has 0 heterocycles. The summed E-state index contributed by atoms with van der Waals surface area (Å²) in [7, 11) is -9.91. The number of phosphoric ester groups is 2. The molecule has 0 radical (unpaired) electrons. The first-order chi connectivity index (χ1) is 46.9. The summed E-state index contributed by atoms with van der Waals surface area (Å²) in [5.41, 5.74) is 0. The van der Waals surface area contributed by atoms with Gasteiger partial charge in [0.1, 0.15) is 19.3 Å². The number of unbranched alkanes of at least 4 members (excludes halogenated alkanes) is 46. The first kappa shape index (κ1) is 95.1. The van der Waals surface area contributed by atoms with Crippen molar-refractivity contribution in [2.45, 2.75) is 426 Å². The van der Waals surface area contributed by atoms with Crippen LogP contribution in [0.2, 0.25) is 0 Å². The average molecular weight is 1420 g/mol. The molecule has 3 N–H and O–H groups in total. The Balaban J connectivity index is 5.25. The van der Waals surface area contributed by atoms with Crippen LogP contribution in [0.15, 0.2) is 0 Å². The van der Waals surface area contributed by atoms with E-state index in [-0.39, 0.29) is 25.7 Å². The van der Waals surface area contributed by atoms with Crippen LogP contribution in [-0.4, -0.2) is 96.7 Å². The Morgan fingerprint density at radius 3 is 0.784 bits per heavy atom. The summed E-state index contributed by atoms with van der Waals surface area (Å²) in [6.45, 7) is 9.64. The van der Waals surface area contributed by atoms with Crippen LogP contribution in [0.4, 0.5) is 0 Å². The number of aliphatic hydroxyl groups excluding tert-OH is 1. The van der Waals surface area contributed by atoms with Crippen LogP contribution in [0.3, 0.4) is 0 Å². The van der Waals surface area contributed by atoms with Crippen LogP contribution in [0.1, 0.15) is 408 Å². The van der Waals surface area contributed by atoms with Crippen molar-refractivity contribution in [3.63, 3.8) is 0 Å². The Hall–Kier alpha value is -1.94. The quantitative estimate of drug-likeness (QED) is 0.0222. The van der Waals surface area contributed by atoms with Crippen molar-refractivity contribution in [3.05, 3.63) is 0 Å². The van der Waals surface area contributed by atoms with Crippen molar-refractivity contribution in [2.24, 2.45) is 11.8 Å². The van der Waals surface area contributed by atoms with Crippen LogP contribution < -0.4 is 0 Å². The van der Waals surface area contributed by atoms with Gasteiger partial charge in [0.15, 0.2) is 12.2 Å². The highest BCUT2D eigenvalue weighted by molar-refractivity contribution is 7.47. The Bertz CT molecular complexity index is 1870. The van der Waals surface area contributed by atoms with Gasteiger partial charge in [-0.2, -0.15) is 0 Å². The zero-order valence-electron chi connectivity index (χ0n) is 63.4. The van der Waals surface area contributed by atoms with Gasteiger partial charge in [-0.05, 0) is 37.5 Å². The minimum atomic E-state index is -4.96. The van der Waals surface area contributed by atoms with Gasteiger partial charge in [0.2, 0.25) is 0 Å². The van der Waals surface area contributed by atoms with Crippen molar-refractivity contribution >= 4 is 39.5 Å². The number of phosphoric acid groups is 2. The number of aliphatic hydroxyl groups is 1. The molecule has 0 aromatic carbocycles. The predicted octanol–water partition coefficient (Wildman–Crippen LogP) is 23.1. The second kappa shape index (κ2) is 69.8. The minimum absolute atomic E-state index is 0.106. The molecule has 0 aliphatic heterocycles. The smallest absolute Gasteiger partial charge is 0.462 e. The fourth-order valence-corrected chi connectivity index (χ4v) is 13.6. The number of hydrogen-bond donors (Lipinski definition) is 3. The van der Waals surface area contributed by atoms with Gasteiger partial charge in [0, 0.05) is 25.7 Å². The summed E-state index contributed by atoms with van der Waals surface area (Å²) in [5, 5.41) is 10.6. The molecule has 0 spiro atoms. The summed E-state index contributed by atoms with van der Waals surface area (Å²) in [6.07, 6.45) is 58.1. The van der Waals surface area contributed by atoms with Crippen molar-refractivity contribution in [3.8, 4) is 0 Å². The molecule has 6 atom stereocenters. The third kappa shape index (κ3) is 70.9. The van der Waals surface area contributed by atoms with E-state index >= 15 is 0 Å². The van der Waals surface area contributed by atoms with Crippen LogP contribution >= 0.6 is 15.6 Å². The van der Waals surface area contributed by atoms with Gasteiger partial charge in [-0.3, -0.25) is 37.3 Å². The number of hydrogen-bond acceptors (Lipinski definition) is 15. The summed E-state index contributed by atoms with van der Waals surface area (Å²) in [6, 6.07) is 0. The molecule has 0 amide bonds. The fourth-order valence-electron chi connectivity index (χ4n) is 12.0. The van der Waals surface area contributed by atoms with Gasteiger partial charge >= 0.3 is 39.5 Å². The van der Waals surface area contributed by atoms with Gasteiger partial charge in [-0.1, -0.05) is 356 Å². The number of carbonyl (C=O) groups excluding carboxylic acids is 4. The zero-order valence-corrected chi connectivity index (χ0v) is 65.2. The van der Waals surface area contributed by atoms with Gasteiger partial charge in [0.05, 0.1) is 26.4 Å². The van der Waals surface area contributed by atoms with E-state index in [0.717, 1.165) is 102 Å². The van der Waals surface area contributed by atoms with E-state index in [9.17, 15) is 43.2 Å². The highest BCUT2D eigenvalue weighted by atomic mass is 31.2. The van der Waals surface area contributed by atoms with Crippen LogP contribution in [0.25, 0.3) is 0 Å². The number of esters is 4. The largest absolute Gasteiger partial charge is 0.472 e. The summed E-state index contributed by atoms with van der Waals surface area (Å²) >= 11 is 0. The second-order valence-electron chi connectivity index (χ2n) is 28.8. The lowest BCUT2D eigenvalue weighted by atomic mass is 9.99. The average Bonchev–Trinajstić information content (AvgIpc) is 1.22. The molecule has 0 aliphatic carbocycles. The third-order valence-electron chi connectivity index (χ3n) is 18.6. The standard InChI is InChI=1S/C78H152O17P2/c1-7-10-12-14-16-18-20-21-22-23-27-31-37-43-49-55-61-76(81)89-66-73(94-77(82)62-56-50-44-38-32-28-25-24-26-30-35-41-47-53-59-71(6)9-3)68-92-96(84,85)90-64-72(79)65-91-97(86,87)93-69-74(67-88-75(80)60-54-48-42-36-29-19-17-15-13-11-8-2)95-78(83)63-57-51-45-39-33-34-40-46-52-58-70(4)5/h70-74,79H,7-69H2,1-6H3,(H,84,85)(H,86,87)/t71?,72-,73-,74-/m1/s1. The van der Waals surface area contributed by atoms with E-state index in [2.05, 4.69) is 41.5 Å². The zero-order chi connectivity index (χ0) is 71.4. The lowest BCUT2D eigenvalue weighted by molar-refractivity contribution is -0.161. The van der Waals surface area contributed by atoms with Gasteiger partial charge in [-0.15, -0.1) is 0 Å². The van der Waals surface area contributed by atoms with E-state index in [1.54, 1.807) is 0 Å². The molecule has 3 unspecified atom stereocenters. The van der Waals surface area contributed by atoms with Crippen molar-refractivity contribution in [1.29, 1.82) is 0 Å². The Morgan fingerprint density at radius 2 is 0.526 bits per heavy atom. The van der Waals surface area contributed by atoms with E-state index in [0.29, 0.717) is 25.7 Å². The van der Waals surface area contributed by atoms with Crippen LogP contribution in [-0.2, 0) is 65.4 Å². The SMILES string of the molecule is CCCCCCCCCCCCCCCCCCC(=O)OC[C@H](COP(=O)(O)OC[C@@H](O)COP(=O)(O)OC[C@@H](COC(=O)CCCCCCCCCCCCC)OC(=O)CCCCCCCCCCCC(C)C)OC(=O)CCCCCCCCCCCCCCCCC(C)CC. The van der Waals surface area contributed by atoms with Crippen molar-refractivity contribution in [2.75, 3.05) is 39.6 Å². The third-order valence-corrected chi connectivity index (χ3v) is 20.5. The summed E-state index contributed by atoms with van der Waals surface area (Å²) < 4.78 is 68.6. The maximum absolute atomic E-state index is 13.1.